The summed E-state index contributed by atoms with van der Waals surface area (Å²) in [5.74, 6) is -0.444. The normalized spacial score (nSPS) is 20.0. The molecule has 1 fully saturated rings. The number of nitrogens with one attached hydrogen (secondary N) is 1. The number of nitrogens with zero attached hydrogens (tertiary/aromatic N) is 1. The SMILES string of the molecule is COc1cc(OC)c(NC(=O)[C@@H]2CCC(=O)N2C2OC(=O)c3ccccc32)cc1Cl. The Morgan fingerprint density at radius 1 is 1.17 bits per heavy atom. The highest BCUT2D eigenvalue weighted by Crippen LogP contribution is 2.40. The molecule has 1 unspecified atom stereocenters. The Bertz CT molecular complexity index is 1040. The van der Waals surface area contributed by atoms with Gasteiger partial charge in [0.05, 0.1) is 30.5 Å². The van der Waals surface area contributed by atoms with Crippen molar-refractivity contribution >= 4 is 35.1 Å². The first-order chi connectivity index (χ1) is 14.4. The third-order valence-electron chi connectivity index (χ3n) is 5.21. The van der Waals surface area contributed by atoms with Crippen molar-refractivity contribution < 1.29 is 28.6 Å². The van der Waals surface area contributed by atoms with Crippen LogP contribution in [0, 0.1) is 0 Å². The Hall–Kier alpha value is -3.26. The molecular weight excluding hydrogens is 412 g/mol. The number of ether oxygens (including phenoxy) is 3. The van der Waals surface area contributed by atoms with Crippen LogP contribution < -0.4 is 14.8 Å². The fraction of sp³-hybridized carbons (Fsp3) is 0.286. The van der Waals surface area contributed by atoms with Gasteiger partial charge in [-0.25, -0.2) is 4.79 Å². The molecule has 2 aliphatic rings. The summed E-state index contributed by atoms with van der Waals surface area (Å²) in [5, 5.41) is 3.06. The van der Waals surface area contributed by atoms with E-state index in [1.807, 2.05) is 0 Å². The molecule has 2 heterocycles. The summed E-state index contributed by atoms with van der Waals surface area (Å²) in [6.07, 6.45) is -0.456. The minimum Gasteiger partial charge on any atom is -0.495 e. The molecule has 0 aromatic heterocycles. The number of likely N-dealkylation sites (tertiary alicyclic amines) is 1. The van der Waals surface area contributed by atoms with E-state index in [4.69, 9.17) is 25.8 Å². The number of amides is 2. The second kappa shape index (κ2) is 7.87. The summed E-state index contributed by atoms with van der Waals surface area (Å²) >= 11 is 6.18. The molecule has 9 heteroatoms. The van der Waals surface area contributed by atoms with E-state index in [-0.39, 0.29) is 12.3 Å². The maximum atomic E-state index is 13.1. The number of halogens is 1. The van der Waals surface area contributed by atoms with Crippen molar-refractivity contribution in [2.75, 3.05) is 19.5 Å². The van der Waals surface area contributed by atoms with Crippen molar-refractivity contribution in [3.8, 4) is 11.5 Å². The lowest BCUT2D eigenvalue weighted by molar-refractivity contribution is -0.144. The van der Waals surface area contributed by atoms with Crippen molar-refractivity contribution in [2.24, 2.45) is 0 Å². The number of anilines is 1. The number of cyclic esters (lactones) is 1. The topological polar surface area (TPSA) is 94.2 Å². The zero-order valence-electron chi connectivity index (χ0n) is 16.3. The number of esters is 1. The van der Waals surface area contributed by atoms with Crippen molar-refractivity contribution in [1.82, 2.24) is 4.90 Å². The Morgan fingerprint density at radius 3 is 2.63 bits per heavy atom. The van der Waals surface area contributed by atoms with E-state index in [1.165, 1.54) is 25.2 Å². The molecule has 2 amide bonds. The monoisotopic (exact) mass is 430 g/mol. The van der Waals surface area contributed by atoms with Crippen molar-refractivity contribution in [3.05, 3.63) is 52.5 Å². The number of carbonyl (C=O) groups is 3. The van der Waals surface area contributed by atoms with E-state index in [2.05, 4.69) is 5.32 Å². The number of rotatable bonds is 5. The second-order valence-electron chi connectivity index (χ2n) is 6.88. The van der Waals surface area contributed by atoms with Crippen molar-refractivity contribution in [1.29, 1.82) is 0 Å². The van der Waals surface area contributed by atoms with Gasteiger partial charge in [0.1, 0.15) is 17.5 Å². The lowest BCUT2D eigenvalue weighted by Gasteiger charge is -2.29. The van der Waals surface area contributed by atoms with E-state index in [9.17, 15) is 14.4 Å². The summed E-state index contributed by atoms with van der Waals surface area (Å²) in [5.41, 5.74) is 1.31. The fourth-order valence-electron chi connectivity index (χ4n) is 3.76. The summed E-state index contributed by atoms with van der Waals surface area (Å²) in [4.78, 5) is 39.2. The highest BCUT2D eigenvalue weighted by molar-refractivity contribution is 6.32. The molecule has 1 saturated heterocycles. The van der Waals surface area contributed by atoms with E-state index >= 15 is 0 Å². The van der Waals surface area contributed by atoms with Crippen LogP contribution in [0.15, 0.2) is 36.4 Å². The van der Waals surface area contributed by atoms with Gasteiger partial charge in [-0.3, -0.25) is 14.5 Å². The number of carbonyl (C=O) groups excluding carboxylic acids is 3. The predicted octanol–water partition coefficient (Wildman–Crippen LogP) is 3.16. The van der Waals surface area contributed by atoms with Gasteiger partial charge in [0.25, 0.3) is 0 Å². The zero-order valence-corrected chi connectivity index (χ0v) is 17.1. The highest BCUT2D eigenvalue weighted by atomic mass is 35.5. The van der Waals surface area contributed by atoms with E-state index in [0.717, 1.165) is 0 Å². The molecule has 2 aromatic carbocycles. The van der Waals surface area contributed by atoms with Gasteiger partial charge in [0, 0.05) is 18.1 Å². The summed E-state index contributed by atoms with van der Waals surface area (Å²) in [6.45, 7) is 0. The molecule has 1 N–H and O–H groups in total. The molecule has 2 aromatic rings. The van der Waals surface area contributed by atoms with Crippen LogP contribution in [-0.2, 0) is 14.3 Å². The molecule has 2 atom stereocenters. The lowest BCUT2D eigenvalue weighted by atomic mass is 10.1. The maximum Gasteiger partial charge on any atom is 0.340 e. The standard InChI is InChI=1S/C21H19ClN2O6/c1-28-16-10-17(29-2)14(9-13(16)22)23-19(26)15-7-8-18(25)24(15)20-11-5-3-4-6-12(11)21(27)30-20/h3-6,9-10,15,20H,7-8H2,1-2H3,(H,23,26)/t15-,20?/m0/s1. The van der Waals surface area contributed by atoms with Crippen molar-refractivity contribution in [3.63, 3.8) is 0 Å². The lowest BCUT2D eigenvalue weighted by Crippen LogP contribution is -2.43. The fourth-order valence-corrected chi connectivity index (χ4v) is 4.00. The van der Waals surface area contributed by atoms with Gasteiger partial charge < -0.3 is 19.5 Å². The van der Waals surface area contributed by atoms with E-state index in [1.54, 1.807) is 30.3 Å². The predicted molar refractivity (Wildman–Crippen MR) is 108 cm³/mol. The zero-order chi connectivity index (χ0) is 21.4. The molecule has 4 rings (SSSR count). The van der Waals surface area contributed by atoms with Crippen LogP contribution in [0.25, 0.3) is 0 Å². The Morgan fingerprint density at radius 2 is 1.90 bits per heavy atom. The van der Waals surface area contributed by atoms with Gasteiger partial charge in [0.2, 0.25) is 18.0 Å². The molecule has 2 aliphatic heterocycles. The first kappa shape index (κ1) is 20.0. The molecule has 0 aliphatic carbocycles. The Kier molecular flexibility index (Phi) is 5.26. The van der Waals surface area contributed by atoms with Crippen molar-refractivity contribution in [2.45, 2.75) is 25.1 Å². The first-order valence-electron chi connectivity index (χ1n) is 9.28. The molecule has 8 nitrogen and oxygen atoms in total. The van der Waals surface area contributed by atoms with Gasteiger partial charge in [-0.1, -0.05) is 29.8 Å². The molecule has 156 valence electrons. The average molecular weight is 431 g/mol. The number of hydrogen-bond donors (Lipinski definition) is 1. The van der Waals surface area contributed by atoms with Crippen LogP contribution in [0.3, 0.4) is 0 Å². The highest BCUT2D eigenvalue weighted by Gasteiger charge is 2.46. The van der Waals surface area contributed by atoms with Crippen LogP contribution >= 0.6 is 11.6 Å². The van der Waals surface area contributed by atoms with Gasteiger partial charge in [-0.2, -0.15) is 0 Å². The Labute approximate surface area is 177 Å². The minimum absolute atomic E-state index is 0.175. The molecule has 0 radical (unpaired) electrons. The van der Waals surface area contributed by atoms with Gasteiger partial charge in [0.15, 0.2) is 0 Å². The number of benzene rings is 2. The third-order valence-corrected chi connectivity index (χ3v) is 5.50. The molecular formula is C21H19ClN2O6. The van der Waals surface area contributed by atoms with E-state index < -0.39 is 24.1 Å². The minimum atomic E-state index is -0.930. The largest absolute Gasteiger partial charge is 0.495 e. The third kappa shape index (κ3) is 3.33. The van der Waals surface area contributed by atoms with Gasteiger partial charge in [-0.05, 0) is 18.6 Å². The molecule has 30 heavy (non-hydrogen) atoms. The van der Waals surface area contributed by atoms with Crippen LogP contribution in [0.2, 0.25) is 5.02 Å². The number of methoxy groups -OCH3 is 2. The van der Waals surface area contributed by atoms with Crippen LogP contribution in [-0.4, -0.2) is 42.9 Å². The maximum absolute atomic E-state index is 13.1. The van der Waals surface area contributed by atoms with Gasteiger partial charge in [-0.15, -0.1) is 0 Å². The average Bonchev–Trinajstić information content (AvgIpc) is 3.28. The van der Waals surface area contributed by atoms with Crippen LogP contribution in [0.1, 0.15) is 35.0 Å². The number of hydrogen-bond acceptors (Lipinski definition) is 6. The first-order valence-corrected chi connectivity index (χ1v) is 9.66. The van der Waals surface area contributed by atoms with Crippen LogP contribution in [0.5, 0.6) is 11.5 Å². The summed E-state index contributed by atoms with van der Waals surface area (Å²) in [6, 6.07) is 9.10. The Balaban J connectivity index is 1.61. The quantitative estimate of drug-likeness (QED) is 0.732. The smallest absolute Gasteiger partial charge is 0.340 e. The molecule has 0 bridgehead atoms. The van der Waals surface area contributed by atoms with Crippen LogP contribution in [0.4, 0.5) is 5.69 Å². The van der Waals surface area contributed by atoms with Gasteiger partial charge >= 0.3 is 5.97 Å². The summed E-state index contributed by atoms with van der Waals surface area (Å²) < 4.78 is 15.9. The number of fused-ring (bicyclic) bond motifs is 1. The molecule has 0 saturated carbocycles. The second-order valence-corrected chi connectivity index (χ2v) is 7.28. The summed E-state index contributed by atoms with van der Waals surface area (Å²) in [7, 11) is 2.93. The molecule has 0 spiro atoms. The van der Waals surface area contributed by atoms with E-state index in [0.29, 0.717) is 39.8 Å².